The van der Waals surface area contributed by atoms with Crippen LogP contribution in [0.4, 0.5) is 4.39 Å². The van der Waals surface area contributed by atoms with Gasteiger partial charge in [0.15, 0.2) is 5.82 Å². The number of hydrogen-bond donors (Lipinski definition) is 1. The molecule has 2 fully saturated rings. The Bertz CT molecular complexity index is 795. The van der Waals surface area contributed by atoms with Gasteiger partial charge in [0.1, 0.15) is 11.9 Å². The zero-order chi connectivity index (χ0) is 18.8. The number of nitrogens with zero attached hydrogens (tertiary/aromatic N) is 5. The molecule has 1 amide bonds. The molecule has 0 spiro atoms. The lowest BCUT2D eigenvalue weighted by Gasteiger charge is -2.36. The molecule has 4 rings (SSSR count). The van der Waals surface area contributed by atoms with Gasteiger partial charge in [-0.05, 0) is 55.3 Å². The van der Waals surface area contributed by atoms with Gasteiger partial charge in [-0.2, -0.15) is 0 Å². The topological polar surface area (TPSA) is 89.9 Å². The molecule has 1 aliphatic heterocycles. The SMILES string of the molecule is NC(=O)C1CCN(C(c2ccccc2F)c2nnnn2C2CCCC2)CC1. The molecule has 1 aromatic carbocycles. The van der Waals surface area contributed by atoms with Crippen LogP contribution in [0.25, 0.3) is 0 Å². The number of nitrogens with two attached hydrogens (primary N) is 1. The van der Waals surface area contributed by atoms with Crippen LogP contribution in [0.2, 0.25) is 0 Å². The highest BCUT2D eigenvalue weighted by molar-refractivity contribution is 5.76. The van der Waals surface area contributed by atoms with Crippen LogP contribution in [-0.2, 0) is 4.79 Å². The summed E-state index contributed by atoms with van der Waals surface area (Å²) in [6, 6.07) is 6.71. The van der Waals surface area contributed by atoms with Crippen molar-refractivity contribution in [3.63, 3.8) is 0 Å². The smallest absolute Gasteiger partial charge is 0.220 e. The van der Waals surface area contributed by atoms with Gasteiger partial charge in [0.05, 0.1) is 6.04 Å². The number of hydrogen-bond acceptors (Lipinski definition) is 5. The zero-order valence-corrected chi connectivity index (χ0v) is 15.3. The van der Waals surface area contributed by atoms with Crippen molar-refractivity contribution in [2.75, 3.05) is 13.1 Å². The summed E-state index contributed by atoms with van der Waals surface area (Å²) in [4.78, 5) is 13.7. The van der Waals surface area contributed by atoms with Crippen molar-refractivity contribution < 1.29 is 9.18 Å². The fraction of sp³-hybridized carbons (Fsp3) is 0.579. The summed E-state index contributed by atoms with van der Waals surface area (Å²) >= 11 is 0. The number of likely N-dealkylation sites (tertiary alicyclic amines) is 1. The Balaban J connectivity index is 1.69. The summed E-state index contributed by atoms with van der Waals surface area (Å²) in [6.45, 7) is 1.31. The van der Waals surface area contributed by atoms with Gasteiger partial charge >= 0.3 is 0 Å². The largest absolute Gasteiger partial charge is 0.369 e. The minimum atomic E-state index is -0.365. The number of carbonyl (C=O) groups is 1. The summed E-state index contributed by atoms with van der Waals surface area (Å²) in [5, 5.41) is 12.5. The Morgan fingerprint density at radius 1 is 1.15 bits per heavy atom. The van der Waals surface area contributed by atoms with Crippen LogP contribution in [0.15, 0.2) is 24.3 Å². The molecular weight excluding hydrogens is 347 g/mol. The molecule has 0 bridgehead atoms. The number of amides is 1. The van der Waals surface area contributed by atoms with Crippen molar-refractivity contribution in [3.8, 4) is 0 Å². The van der Waals surface area contributed by atoms with Gasteiger partial charge in [0, 0.05) is 11.5 Å². The van der Waals surface area contributed by atoms with Gasteiger partial charge in [-0.25, -0.2) is 9.07 Å². The lowest BCUT2D eigenvalue weighted by atomic mass is 9.93. The van der Waals surface area contributed by atoms with Crippen LogP contribution in [0.5, 0.6) is 0 Å². The van der Waals surface area contributed by atoms with Crippen molar-refractivity contribution in [2.24, 2.45) is 11.7 Å². The van der Waals surface area contributed by atoms with Crippen LogP contribution in [0.3, 0.4) is 0 Å². The number of rotatable bonds is 5. The molecule has 144 valence electrons. The molecule has 2 aromatic rings. The van der Waals surface area contributed by atoms with E-state index in [1.165, 1.54) is 18.9 Å². The minimum absolute atomic E-state index is 0.117. The molecule has 1 aromatic heterocycles. The van der Waals surface area contributed by atoms with Crippen LogP contribution in [0.1, 0.15) is 62.0 Å². The van der Waals surface area contributed by atoms with Gasteiger partial charge in [0.25, 0.3) is 0 Å². The Morgan fingerprint density at radius 2 is 1.85 bits per heavy atom. The molecular formula is C19H25FN6O. The molecule has 1 saturated heterocycles. The quantitative estimate of drug-likeness (QED) is 0.869. The first-order chi connectivity index (χ1) is 13.1. The van der Waals surface area contributed by atoms with E-state index >= 15 is 0 Å². The van der Waals surface area contributed by atoms with Crippen molar-refractivity contribution in [1.29, 1.82) is 0 Å². The van der Waals surface area contributed by atoms with Crippen molar-refractivity contribution in [1.82, 2.24) is 25.1 Å². The van der Waals surface area contributed by atoms with Gasteiger partial charge in [-0.15, -0.1) is 5.10 Å². The maximum absolute atomic E-state index is 14.7. The van der Waals surface area contributed by atoms with E-state index in [-0.39, 0.29) is 29.7 Å². The van der Waals surface area contributed by atoms with Crippen LogP contribution in [0, 0.1) is 11.7 Å². The van der Waals surface area contributed by atoms with E-state index in [2.05, 4.69) is 20.4 Å². The minimum Gasteiger partial charge on any atom is -0.369 e. The third-order valence-corrected chi connectivity index (χ3v) is 5.93. The van der Waals surface area contributed by atoms with Crippen molar-refractivity contribution in [2.45, 2.75) is 50.6 Å². The van der Waals surface area contributed by atoms with E-state index < -0.39 is 0 Å². The third kappa shape index (κ3) is 3.58. The first-order valence-corrected chi connectivity index (χ1v) is 9.70. The number of halogens is 1. The lowest BCUT2D eigenvalue weighted by Crippen LogP contribution is -2.42. The van der Waals surface area contributed by atoms with Gasteiger partial charge in [0.2, 0.25) is 5.91 Å². The Kier molecular flexibility index (Phi) is 5.15. The van der Waals surface area contributed by atoms with Crippen LogP contribution >= 0.6 is 0 Å². The van der Waals surface area contributed by atoms with E-state index in [4.69, 9.17) is 5.73 Å². The summed E-state index contributed by atoms with van der Waals surface area (Å²) in [7, 11) is 0. The molecule has 8 heteroatoms. The fourth-order valence-corrected chi connectivity index (χ4v) is 4.43. The van der Waals surface area contributed by atoms with E-state index in [1.807, 2.05) is 10.7 Å². The molecule has 0 radical (unpaired) electrons. The highest BCUT2D eigenvalue weighted by Gasteiger charge is 2.35. The van der Waals surface area contributed by atoms with Crippen molar-refractivity contribution >= 4 is 5.91 Å². The second-order valence-corrected chi connectivity index (χ2v) is 7.56. The Morgan fingerprint density at radius 3 is 2.52 bits per heavy atom. The van der Waals surface area contributed by atoms with Crippen LogP contribution in [-0.4, -0.2) is 44.1 Å². The number of aromatic nitrogens is 4. The van der Waals surface area contributed by atoms with E-state index in [1.54, 1.807) is 12.1 Å². The first-order valence-electron chi connectivity index (χ1n) is 9.70. The van der Waals surface area contributed by atoms with Gasteiger partial charge in [-0.3, -0.25) is 9.69 Å². The predicted molar refractivity (Wildman–Crippen MR) is 97.1 cm³/mol. The highest BCUT2D eigenvalue weighted by atomic mass is 19.1. The molecule has 27 heavy (non-hydrogen) atoms. The normalized spacial score (nSPS) is 20.8. The maximum Gasteiger partial charge on any atom is 0.220 e. The summed E-state index contributed by atoms with van der Waals surface area (Å²) < 4.78 is 16.6. The van der Waals surface area contributed by atoms with Gasteiger partial charge in [-0.1, -0.05) is 31.0 Å². The Labute approximate surface area is 157 Å². The predicted octanol–water partition coefficient (Wildman–Crippen LogP) is 2.21. The number of piperidine rings is 1. The molecule has 1 saturated carbocycles. The fourth-order valence-electron chi connectivity index (χ4n) is 4.43. The molecule has 7 nitrogen and oxygen atoms in total. The molecule has 2 heterocycles. The standard InChI is InChI=1S/C19H25FN6O/c20-16-8-4-3-7-15(16)17(25-11-9-13(10-12-25)18(21)27)19-22-23-24-26(19)14-5-1-2-6-14/h3-4,7-8,13-14,17H,1-2,5-6,9-12H2,(H2,21,27). The number of tetrazole rings is 1. The Hall–Kier alpha value is -2.35. The van der Waals surface area contributed by atoms with Crippen LogP contribution < -0.4 is 5.73 Å². The summed E-state index contributed by atoms with van der Waals surface area (Å²) in [6.07, 6.45) is 5.77. The molecule has 1 unspecified atom stereocenters. The second-order valence-electron chi connectivity index (χ2n) is 7.56. The highest BCUT2D eigenvalue weighted by Crippen LogP contribution is 2.36. The van der Waals surface area contributed by atoms with E-state index in [0.717, 1.165) is 12.8 Å². The molecule has 2 N–H and O–H groups in total. The first kappa shape index (κ1) is 18.0. The zero-order valence-electron chi connectivity index (χ0n) is 15.3. The van der Waals surface area contributed by atoms with Crippen molar-refractivity contribution in [3.05, 3.63) is 41.5 Å². The average Bonchev–Trinajstić information content (AvgIpc) is 3.35. The van der Waals surface area contributed by atoms with Gasteiger partial charge < -0.3 is 5.73 Å². The number of benzene rings is 1. The maximum atomic E-state index is 14.7. The third-order valence-electron chi connectivity index (χ3n) is 5.93. The summed E-state index contributed by atoms with van der Waals surface area (Å²) in [5.41, 5.74) is 6.04. The monoisotopic (exact) mass is 372 g/mol. The number of carbonyl (C=O) groups excluding carboxylic acids is 1. The van der Waals surface area contributed by atoms with E-state index in [9.17, 15) is 9.18 Å². The molecule has 1 atom stereocenters. The number of primary amides is 1. The summed E-state index contributed by atoms with van der Waals surface area (Å²) in [5.74, 6) is 0.0475. The molecule has 1 aliphatic carbocycles. The van der Waals surface area contributed by atoms with E-state index in [0.29, 0.717) is 37.3 Å². The lowest BCUT2D eigenvalue weighted by molar-refractivity contribution is -0.123. The second kappa shape index (κ2) is 7.72. The average molecular weight is 372 g/mol. The molecule has 2 aliphatic rings.